The summed E-state index contributed by atoms with van der Waals surface area (Å²) in [6.45, 7) is 5.23. The van der Waals surface area contributed by atoms with Crippen molar-refractivity contribution in [1.29, 1.82) is 5.41 Å². The third-order valence-electron chi connectivity index (χ3n) is 9.92. The zero-order valence-electron chi connectivity index (χ0n) is 26.8. The van der Waals surface area contributed by atoms with E-state index in [0.29, 0.717) is 18.5 Å². The first-order valence-corrected chi connectivity index (χ1v) is 16.9. The molecule has 250 valence electrons. The van der Waals surface area contributed by atoms with Crippen molar-refractivity contribution in [3.05, 3.63) is 59.3 Å². The lowest BCUT2D eigenvalue weighted by molar-refractivity contribution is -0.136. The van der Waals surface area contributed by atoms with Gasteiger partial charge in [0.15, 0.2) is 0 Å². The van der Waals surface area contributed by atoms with Gasteiger partial charge in [-0.1, -0.05) is 0 Å². The van der Waals surface area contributed by atoms with Gasteiger partial charge in [0.05, 0.1) is 34.8 Å². The topological polar surface area (TPSA) is 171 Å². The summed E-state index contributed by atoms with van der Waals surface area (Å²) in [6.07, 6.45) is 7.70. The molecule has 2 aromatic carbocycles. The van der Waals surface area contributed by atoms with E-state index in [4.69, 9.17) is 10.4 Å². The summed E-state index contributed by atoms with van der Waals surface area (Å²) in [5.41, 5.74) is 6.04. The molecular weight excluding hydrogens is 610 g/mol. The van der Waals surface area contributed by atoms with E-state index < -0.39 is 29.7 Å². The van der Waals surface area contributed by atoms with Gasteiger partial charge in [-0.05, 0) is 74.4 Å². The highest BCUT2D eigenvalue weighted by molar-refractivity contribution is 6.24. The number of benzene rings is 2. The fraction of sp³-hybridized carbons (Fsp3) is 0.429. The summed E-state index contributed by atoms with van der Waals surface area (Å²) in [5.74, 6) is -1.39. The SMILES string of the molecule is N=C/C(=C\NC1CC(CCCNc2ccc3c(c2)C(=O)N(C2CCC(=O)NC2=O)C3=O)C1)C1=Nc2cc(N3CCNCC3)ccc2NC1. The highest BCUT2D eigenvalue weighted by Crippen LogP contribution is 2.35. The number of nitrogens with one attached hydrogen (secondary N) is 6. The summed E-state index contributed by atoms with van der Waals surface area (Å²) >= 11 is 0. The molecule has 13 nitrogen and oxygen atoms in total. The number of imide groups is 2. The number of amides is 4. The standard InChI is InChI=1S/C35H41N9O4/c36-18-22(30-20-40-28-6-4-25(17-29(28)41-30)43-12-10-37-11-13-43)19-39-24-14-21(15-24)2-1-9-38-23-3-5-26-27(16-23)35(48)44(34(26)47)31-7-8-32(45)42-33(31)46/h3-6,16-19,21,24,31,36-40H,1-2,7-15,20H2,(H,42,45,46)/b22-19+,36-18?. The predicted molar refractivity (Wildman–Crippen MR) is 184 cm³/mol. The zero-order chi connectivity index (χ0) is 33.2. The molecule has 0 spiro atoms. The molecule has 13 heteroatoms. The number of hydrogen-bond acceptors (Lipinski definition) is 11. The van der Waals surface area contributed by atoms with Gasteiger partial charge in [-0.3, -0.25) is 29.4 Å². The lowest BCUT2D eigenvalue weighted by Crippen LogP contribution is -2.54. The number of rotatable bonds is 11. The zero-order valence-corrected chi connectivity index (χ0v) is 26.8. The number of carbonyl (C=O) groups excluding carboxylic acids is 4. The quantitative estimate of drug-likeness (QED) is 0.121. The molecule has 48 heavy (non-hydrogen) atoms. The molecule has 0 bridgehead atoms. The molecule has 1 saturated carbocycles. The normalized spacial score (nSPS) is 23.8. The maximum atomic E-state index is 13.1. The van der Waals surface area contributed by atoms with Crippen molar-refractivity contribution in [3.8, 4) is 0 Å². The van der Waals surface area contributed by atoms with E-state index in [9.17, 15) is 19.2 Å². The Balaban J connectivity index is 0.860. The van der Waals surface area contributed by atoms with Crippen molar-refractivity contribution in [2.45, 2.75) is 50.6 Å². The Labute approximate surface area is 279 Å². The Morgan fingerprint density at radius 1 is 1.02 bits per heavy atom. The summed E-state index contributed by atoms with van der Waals surface area (Å²) in [4.78, 5) is 58.1. The van der Waals surface area contributed by atoms with E-state index in [2.05, 4.69) is 49.7 Å². The highest BCUT2D eigenvalue weighted by Gasteiger charge is 2.44. The van der Waals surface area contributed by atoms with Gasteiger partial charge in [0.25, 0.3) is 11.8 Å². The van der Waals surface area contributed by atoms with Crippen LogP contribution in [-0.2, 0) is 9.59 Å². The van der Waals surface area contributed by atoms with Gasteiger partial charge in [0, 0.05) is 74.5 Å². The van der Waals surface area contributed by atoms with Crippen LogP contribution in [0.4, 0.5) is 22.7 Å². The molecule has 0 aromatic heterocycles. The number of aliphatic imine (C=N–C) groups is 1. The Hall–Kier alpha value is -5.04. The average Bonchev–Trinajstić information content (AvgIpc) is 3.33. The van der Waals surface area contributed by atoms with Gasteiger partial charge in [-0.15, -0.1) is 0 Å². The van der Waals surface area contributed by atoms with E-state index in [-0.39, 0.29) is 24.0 Å². The first-order valence-electron chi connectivity index (χ1n) is 16.9. The summed E-state index contributed by atoms with van der Waals surface area (Å²) in [6, 6.07) is 10.9. The second kappa shape index (κ2) is 13.6. The Morgan fingerprint density at radius 2 is 1.83 bits per heavy atom. The molecule has 1 unspecified atom stereocenters. The molecule has 5 aliphatic rings. The van der Waals surface area contributed by atoms with E-state index >= 15 is 0 Å². The molecule has 7 rings (SSSR count). The van der Waals surface area contributed by atoms with Crippen molar-refractivity contribution < 1.29 is 19.2 Å². The van der Waals surface area contributed by atoms with Crippen LogP contribution in [0, 0.1) is 11.3 Å². The van der Waals surface area contributed by atoms with Crippen LogP contribution in [0.1, 0.15) is 59.2 Å². The number of carbonyl (C=O) groups is 4. The Bertz CT molecular complexity index is 1710. The molecule has 6 N–H and O–H groups in total. The number of piperidine rings is 1. The van der Waals surface area contributed by atoms with Crippen LogP contribution in [-0.4, -0.2) is 91.8 Å². The first kappa shape index (κ1) is 31.6. The van der Waals surface area contributed by atoms with Crippen molar-refractivity contribution in [2.75, 3.05) is 54.8 Å². The maximum absolute atomic E-state index is 13.1. The van der Waals surface area contributed by atoms with Crippen LogP contribution in [0.2, 0.25) is 0 Å². The minimum Gasteiger partial charge on any atom is -0.388 e. The largest absolute Gasteiger partial charge is 0.388 e. The van der Waals surface area contributed by atoms with Gasteiger partial charge < -0.3 is 31.6 Å². The molecular formula is C35H41N9O4. The smallest absolute Gasteiger partial charge is 0.262 e. The molecule has 2 saturated heterocycles. The lowest BCUT2D eigenvalue weighted by atomic mass is 9.77. The summed E-state index contributed by atoms with van der Waals surface area (Å²) < 4.78 is 0. The third kappa shape index (κ3) is 6.42. The lowest BCUT2D eigenvalue weighted by Gasteiger charge is -2.36. The first-order chi connectivity index (χ1) is 23.4. The Kier molecular flexibility index (Phi) is 8.94. The molecule has 4 heterocycles. The summed E-state index contributed by atoms with van der Waals surface area (Å²) in [7, 11) is 0. The number of fused-ring (bicyclic) bond motifs is 2. The number of nitrogens with zero attached hydrogens (tertiary/aromatic N) is 3. The highest BCUT2D eigenvalue weighted by atomic mass is 16.2. The van der Waals surface area contributed by atoms with Crippen molar-refractivity contribution in [1.82, 2.24) is 20.9 Å². The predicted octanol–water partition coefficient (Wildman–Crippen LogP) is 2.79. The fourth-order valence-electron chi connectivity index (χ4n) is 7.14. The number of anilines is 3. The molecule has 0 radical (unpaired) electrons. The molecule has 4 aliphatic heterocycles. The number of piperazine rings is 1. The monoisotopic (exact) mass is 651 g/mol. The average molecular weight is 652 g/mol. The van der Waals surface area contributed by atoms with Crippen LogP contribution < -0.4 is 31.5 Å². The maximum Gasteiger partial charge on any atom is 0.262 e. The fourth-order valence-corrected chi connectivity index (χ4v) is 7.14. The molecule has 1 aliphatic carbocycles. The van der Waals surface area contributed by atoms with Gasteiger partial charge in [-0.2, -0.15) is 0 Å². The second-order valence-electron chi connectivity index (χ2n) is 13.1. The van der Waals surface area contributed by atoms with Gasteiger partial charge in [-0.25, -0.2) is 4.99 Å². The van der Waals surface area contributed by atoms with E-state index in [1.165, 1.54) is 11.9 Å². The Morgan fingerprint density at radius 3 is 2.62 bits per heavy atom. The van der Waals surface area contributed by atoms with Crippen LogP contribution in [0.3, 0.4) is 0 Å². The third-order valence-corrected chi connectivity index (χ3v) is 9.92. The molecule has 4 amide bonds. The number of hydrogen-bond donors (Lipinski definition) is 6. The minimum absolute atomic E-state index is 0.0945. The van der Waals surface area contributed by atoms with Gasteiger partial charge >= 0.3 is 0 Å². The minimum atomic E-state index is -0.967. The van der Waals surface area contributed by atoms with Crippen LogP contribution in [0.15, 0.2) is 53.2 Å². The molecule has 1 atom stereocenters. The van der Waals surface area contributed by atoms with E-state index in [1.807, 2.05) is 6.20 Å². The van der Waals surface area contributed by atoms with Crippen molar-refractivity contribution in [2.24, 2.45) is 10.9 Å². The molecule has 2 aromatic rings. The van der Waals surface area contributed by atoms with Crippen LogP contribution in [0.5, 0.6) is 0 Å². The summed E-state index contributed by atoms with van der Waals surface area (Å²) in [5, 5.41) is 24.0. The van der Waals surface area contributed by atoms with E-state index in [1.54, 1.807) is 18.2 Å². The van der Waals surface area contributed by atoms with Crippen LogP contribution in [0.25, 0.3) is 0 Å². The van der Waals surface area contributed by atoms with Crippen LogP contribution >= 0.6 is 0 Å². The van der Waals surface area contributed by atoms with Gasteiger partial charge in [0.1, 0.15) is 6.04 Å². The van der Waals surface area contributed by atoms with Gasteiger partial charge in [0.2, 0.25) is 11.8 Å². The van der Waals surface area contributed by atoms with Crippen molar-refractivity contribution in [3.63, 3.8) is 0 Å². The molecule has 3 fully saturated rings. The second-order valence-corrected chi connectivity index (χ2v) is 13.1. The van der Waals surface area contributed by atoms with E-state index in [0.717, 1.165) is 91.7 Å². The van der Waals surface area contributed by atoms with Crippen molar-refractivity contribution >= 4 is 58.3 Å².